The maximum Gasteiger partial charge on any atom is 0.258 e. The smallest absolute Gasteiger partial charge is 0.258 e. The third-order valence-electron chi connectivity index (χ3n) is 5.89. The summed E-state index contributed by atoms with van der Waals surface area (Å²) < 4.78 is 13.7. The van der Waals surface area contributed by atoms with E-state index in [0.29, 0.717) is 22.3 Å². The largest absolute Gasteiger partial charge is 0.484 e. The van der Waals surface area contributed by atoms with Gasteiger partial charge >= 0.3 is 0 Å². The lowest BCUT2D eigenvalue weighted by Gasteiger charge is -2.31. The van der Waals surface area contributed by atoms with Crippen LogP contribution in [0, 0.1) is 0 Å². The summed E-state index contributed by atoms with van der Waals surface area (Å²) in [5, 5.41) is 3.53. The quantitative estimate of drug-likeness (QED) is 0.384. The number of carbonyl (C=O) groups excluding carboxylic acids is 1. The Morgan fingerprint density at radius 3 is 2.71 bits per heavy atom. The van der Waals surface area contributed by atoms with Crippen molar-refractivity contribution in [2.75, 3.05) is 19.7 Å². The molecule has 0 aliphatic carbocycles. The molecule has 0 saturated carbocycles. The number of piperidine rings is 1. The van der Waals surface area contributed by atoms with Gasteiger partial charge in [-0.05, 0) is 54.6 Å². The van der Waals surface area contributed by atoms with E-state index in [2.05, 4.69) is 14.6 Å². The number of nitrogens with one attached hydrogen (secondary N) is 1. The SMILES string of the molecule is O=C(COc1ccc2c(=O)c(-c3ccccc3)coc2c1)NC1CCN(Sc2cccnc2)CC1. The Balaban J connectivity index is 1.13. The molecule has 178 valence electrons. The van der Waals surface area contributed by atoms with Crippen molar-refractivity contribution in [1.29, 1.82) is 0 Å². The van der Waals surface area contributed by atoms with Crippen LogP contribution in [0.15, 0.2) is 93.4 Å². The molecule has 0 unspecified atom stereocenters. The molecule has 2 aromatic carbocycles. The molecule has 1 aliphatic rings. The molecule has 1 aliphatic heterocycles. The van der Waals surface area contributed by atoms with Gasteiger partial charge in [-0.25, -0.2) is 4.31 Å². The monoisotopic (exact) mass is 487 g/mol. The normalized spacial score (nSPS) is 14.6. The summed E-state index contributed by atoms with van der Waals surface area (Å²) in [6.45, 7) is 1.68. The molecule has 2 aromatic heterocycles. The summed E-state index contributed by atoms with van der Waals surface area (Å²) in [4.78, 5) is 30.6. The lowest BCUT2D eigenvalue weighted by atomic mass is 10.1. The van der Waals surface area contributed by atoms with Crippen LogP contribution in [0.4, 0.5) is 0 Å². The molecule has 0 spiro atoms. The molecule has 1 saturated heterocycles. The van der Waals surface area contributed by atoms with Gasteiger partial charge in [0, 0.05) is 42.5 Å². The van der Waals surface area contributed by atoms with Gasteiger partial charge in [-0.2, -0.15) is 0 Å². The topological polar surface area (TPSA) is 84.7 Å². The van der Waals surface area contributed by atoms with Crippen molar-refractivity contribution in [2.45, 2.75) is 23.8 Å². The van der Waals surface area contributed by atoms with E-state index in [1.165, 1.54) is 6.26 Å². The van der Waals surface area contributed by atoms with Gasteiger partial charge in [-0.3, -0.25) is 14.6 Å². The van der Waals surface area contributed by atoms with Gasteiger partial charge in [0.2, 0.25) is 0 Å². The van der Waals surface area contributed by atoms with Crippen LogP contribution in [0.2, 0.25) is 0 Å². The molecule has 7 nitrogen and oxygen atoms in total. The molecule has 1 fully saturated rings. The van der Waals surface area contributed by atoms with E-state index in [4.69, 9.17) is 9.15 Å². The Morgan fingerprint density at radius 2 is 1.94 bits per heavy atom. The Morgan fingerprint density at radius 1 is 1.11 bits per heavy atom. The number of hydrogen-bond acceptors (Lipinski definition) is 7. The highest BCUT2D eigenvalue weighted by atomic mass is 32.2. The zero-order chi connectivity index (χ0) is 24.0. The number of benzene rings is 2. The molecule has 1 N–H and O–H groups in total. The van der Waals surface area contributed by atoms with Crippen LogP contribution < -0.4 is 15.5 Å². The van der Waals surface area contributed by atoms with E-state index < -0.39 is 0 Å². The van der Waals surface area contributed by atoms with Gasteiger partial charge in [-0.1, -0.05) is 30.3 Å². The van der Waals surface area contributed by atoms with E-state index in [1.807, 2.05) is 48.7 Å². The number of hydrogen-bond donors (Lipinski definition) is 1. The first-order valence-corrected chi connectivity index (χ1v) is 12.3. The van der Waals surface area contributed by atoms with Gasteiger partial charge in [0.1, 0.15) is 17.6 Å². The van der Waals surface area contributed by atoms with Crippen LogP contribution in [0.5, 0.6) is 5.75 Å². The van der Waals surface area contributed by atoms with Crippen LogP contribution in [-0.4, -0.2) is 40.9 Å². The zero-order valence-corrected chi connectivity index (χ0v) is 19.9. The molecule has 0 radical (unpaired) electrons. The lowest BCUT2D eigenvalue weighted by Crippen LogP contribution is -2.44. The highest BCUT2D eigenvalue weighted by Gasteiger charge is 2.21. The molecular formula is C27H25N3O4S. The predicted molar refractivity (Wildman–Crippen MR) is 136 cm³/mol. The maximum atomic E-state index is 12.9. The number of aromatic nitrogens is 1. The molecule has 0 atom stereocenters. The van der Waals surface area contributed by atoms with E-state index >= 15 is 0 Å². The number of ether oxygens (including phenoxy) is 1. The van der Waals surface area contributed by atoms with Gasteiger partial charge in [0.15, 0.2) is 12.0 Å². The highest BCUT2D eigenvalue weighted by Crippen LogP contribution is 2.26. The van der Waals surface area contributed by atoms with Gasteiger partial charge in [0.25, 0.3) is 5.91 Å². The average molecular weight is 488 g/mol. The Kier molecular flexibility index (Phi) is 7.11. The number of fused-ring (bicyclic) bond motifs is 1. The Bertz CT molecular complexity index is 1350. The summed E-state index contributed by atoms with van der Waals surface area (Å²) in [5.41, 5.74) is 1.64. The third kappa shape index (κ3) is 5.72. The van der Waals surface area contributed by atoms with Crippen molar-refractivity contribution >= 4 is 28.8 Å². The third-order valence-corrected chi connectivity index (χ3v) is 6.96. The van der Waals surface area contributed by atoms with E-state index in [1.54, 1.807) is 36.3 Å². The van der Waals surface area contributed by atoms with Crippen LogP contribution in [0.1, 0.15) is 12.8 Å². The van der Waals surface area contributed by atoms with Crippen LogP contribution in [0.25, 0.3) is 22.1 Å². The number of carbonyl (C=O) groups is 1. The average Bonchev–Trinajstić information content (AvgIpc) is 2.90. The Labute approximate surface area is 207 Å². The van der Waals surface area contributed by atoms with Gasteiger partial charge in [0.05, 0.1) is 10.9 Å². The van der Waals surface area contributed by atoms with Crippen LogP contribution in [-0.2, 0) is 4.79 Å². The number of nitrogens with zero attached hydrogens (tertiary/aromatic N) is 2. The van der Waals surface area contributed by atoms with Crippen molar-refractivity contribution in [2.24, 2.45) is 0 Å². The van der Waals surface area contributed by atoms with Crippen molar-refractivity contribution in [3.8, 4) is 16.9 Å². The van der Waals surface area contributed by atoms with Crippen molar-refractivity contribution < 1.29 is 13.9 Å². The minimum atomic E-state index is -0.163. The summed E-state index contributed by atoms with van der Waals surface area (Å²) in [6.07, 6.45) is 6.85. The van der Waals surface area contributed by atoms with Gasteiger partial charge < -0.3 is 14.5 Å². The summed E-state index contributed by atoms with van der Waals surface area (Å²) in [5.74, 6) is 0.315. The predicted octanol–water partition coefficient (Wildman–Crippen LogP) is 4.52. The van der Waals surface area contributed by atoms with E-state index in [-0.39, 0.29) is 24.0 Å². The van der Waals surface area contributed by atoms with Crippen LogP contribution in [0.3, 0.4) is 0 Å². The number of rotatable bonds is 7. The highest BCUT2D eigenvalue weighted by molar-refractivity contribution is 7.97. The fourth-order valence-corrected chi connectivity index (χ4v) is 5.01. The first-order valence-electron chi connectivity index (χ1n) is 11.5. The molecule has 8 heteroatoms. The summed E-state index contributed by atoms with van der Waals surface area (Å²) in [7, 11) is 0. The standard InChI is InChI=1S/C27H25N3O4S/c31-26(29-20-10-13-30(14-11-20)35-22-7-4-12-28-16-22)18-33-21-8-9-23-25(15-21)34-17-24(27(23)32)19-5-2-1-3-6-19/h1-9,12,15-17,20H,10-11,13-14,18H2,(H,29,31). The van der Waals surface area contributed by atoms with Crippen LogP contribution >= 0.6 is 11.9 Å². The zero-order valence-electron chi connectivity index (χ0n) is 19.1. The second-order valence-electron chi connectivity index (χ2n) is 8.34. The second kappa shape index (κ2) is 10.8. The Hall–Kier alpha value is -3.62. The fourth-order valence-electron chi connectivity index (χ4n) is 4.08. The van der Waals surface area contributed by atoms with Gasteiger partial charge in [-0.15, -0.1) is 0 Å². The van der Waals surface area contributed by atoms with E-state index in [0.717, 1.165) is 36.4 Å². The van der Waals surface area contributed by atoms with Crippen molar-refractivity contribution in [1.82, 2.24) is 14.6 Å². The molecular weight excluding hydrogens is 462 g/mol. The minimum Gasteiger partial charge on any atom is -0.484 e. The summed E-state index contributed by atoms with van der Waals surface area (Å²) in [6, 6.07) is 18.5. The van der Waals surface area contributed by atoms with Crippen molar-refractivity contribution in [3.63, 3.8) is 0 Å². The molecule has 5 rings (SSSR count). The molecule has 3 heterocycles. The maximum absolute atomic E-state index is 12.9. The molecule has 1 amide bonds. The minimum absolute atomic E-state index is 0.0948. The fraction of sp³-hybridized carbons (Fsp3) is 0.222. The molecule has 35 heavy (non-hydrogen) atoms. The molecule has 4 aromatic rings. The van der Waals surface area contributed by atoms with E-state index in [9.17, 15) is 9.59 Å². The first kappa shape index (κ1) is 23.1. The number of amides is 1. The summed E-state index contributed by atoms with van der Waals surface area (Å²) >= 11 is 1.70. The lowest BCUT2D eigenvalue weighted by molar-refractivity contribution is -0.124. The first-order chi connectivity index (χ1) is 17.2. The van der Waals surface area contributed by atoms with Crippen molar-refractivity contribution in [3.05, 3.63) is 89.5 Å². The molecule has 0 bridgehead atoms. The number of pyridine rings is 1. The second-order valence-corrected chi connectivity index (χ2v) is 9.51.